The second-order valence-electron chi connectivity index (χ2n) is 7.03. The van der Waals surface area contributed by atoms with Crippen LogP contribution in [0.1, 0.15) is 26.7 Å². The summed E-state index contributed by atoms with van der Waals surface area (Å²) >= 11 is 8.91. The highest BCUT2D eigenvalue weighted by Gasteiger charge is 2.22. The van der Waals surface area contributed by atoms with Gasteiger partial charge in [0.05, 0.1) is 28.3 Å². The van der Waals surface area contributed by atoms with E-state index in [0.29, 0.717) is 35.2 Å². The molecule has 1 N–H and O–H groups in total. The number of furan rings is 1. The predicted octanol–water partition coefficient (Wildman–Crippen LogP) is 3.90. The van der Waals surface area contributed by atoms with Gasteiger partial charge in [-0.3, -0.25) is 19.8 Å². The van der Waals surface area contributed by atoms with Gasteiger partial charge in [-0.15, -0.1) is 22.7 Å². The van der Waals surface area contributed by atoms with E-state index < -0.39 is 0 Å². The largest absolute Gasteiger partial charge is 0.469 e. The lowest BCUT2D eigenvalue weighted by Crippen LogP contribution is -2.48. The maximum Gasteiger partial charge on any atom is 0.260 e. The van der Waals surface area contributed by atoms with Gasteiger partial charge in [0, 0.05) is 43.0 Å². The molecule has 0 saturated carbocycles. The normalized spacial score (nSPS) is 14.8. The number of aromatic nitrogens is 1. The van der Waals surface area contributed by atoms with E-state index in [2.05, 4.69) is 21.3 Å². The number of thiazole rings is 1. The summed E-state index contributed by atoms with van der Waals surface area (Å²) in [5, 5.41) is 5.04. The molecule has 7 nitrogen and oxygen atoms in total. The molecule has 0 atom stereocenters. The molecule has 3 aromatic rings. The molecule has 158 valence electrons. The summed E-state index contributed by atoms with van der Waals surface area (Å²) in [4.78, 5) is 34.7. The van der Waals surface area contributed by atoms with Crippen LogP contribution in [-0.4, -0.2) is 52.8 Å². The number of aryl methyl sites for hydroxylation is 1. The summed E-state index contributed by atoms with van der Waals surface area (Å²) in [6, 6.07) is 5.59. The van der Waals surface area contributed by atoms with Crippen molar-refractivity contribution in [3.63, 3.8) is 0 Å². The predicted molar refractivity (Wildman–Crippen MR) is 118 cm³/mol. The van der Waals surface area contributed by atoms with E-state index in [9.17, 15) is 9.59 Å². The van der Waals surface area contributed by atoms with Gasteiger partial charge in [-0.25, -0.2) is 4.98 Å². The lowest BCUT2D eigenvalue weighted by Gasteiger charge is -2.34. The van der Waals surface area contributed by atoms with Crippen molar-refractivity contribution >= 4 is 51.2 Å². The first-order valence-electron chi connectivity index (χ1n) is 9.52. The van der Waals surface area contributed by atoms with E-state index in [0.717, 1.165) is 24.0 Å². The van der Waals surface area contributed by atoms with Crippen LogP contribution in [-0.2, 0) is 17.8 Å². The second kappa shape index (κ2) is 9.30. The molecule has 4 rings (SSSR count). The average molecular weight is 465 g/mol. The second-order valence-corrected chi connectivity index (χ2v) is 9.69. The molecule has 1 saturated heterocycles. The van der Waals surface area contributed by atoms with E-state index >= 15 is 0 Å². The van der Waals surface area contributed by atoms with Gasteiger partial charge in [0.15, 0.2) is 5.13 Å². The molecule has 0 radical (unpaired) electrons. The molecule has 0 spiro atoms. The molecule has 2 amide bonds. The number of nitrogens with zero attached hydrogens (tertiary/aromatic N) is 3. The third kappa shape index (κ3) is 5.10. The summed E-state index contributed by atoms with van der Waals surface area (Å²) in [6.07, 6.45) is 1.71. The fraction of sp³-hybridized carbons (Fsp3) is 0.350. The number of rotatable bonds is 6. The molecule has 0 unspecified atom stereocenters. The van der Waals surface area contributed by atoms with E-state index in [4.69, 9.17) is 16.0 Å². The van der Waals surface area contributed by atoms with Crippen LogP contribution >= 0.6 is 34.3 Å². The molecule has 1 aliphatic rings. The average Bonchev–Trinajstić information content (AvgIpc) is 3.44. The molecule has 10 heteroatoms. The standard InChI is InChI=1S/C20H21ClN4O3S2/c1-13-16(4-9-28-13)19(27)23-20-22-14(12-29-20)10-18(26)25-7-5-24(6-8-25)11-15-2-3-17(21)30-15/h2-4,9,12H,5-8,10-11H2,1H3,(H,22,23,27). The number of hydrogen-bond acceptors (Lipinski definition) is 7. The highest BCUT2D eigenvalue weighted by molar-refractivity contribution is 7.16. The van der Waals surface area contributed by atoms with E-state index in [1.165, 1.54) is 22.5 Å². The van der Waals surface area contributed by atoms with Crippen molar-refractivity contribution in [1.29, 1.82) is 0 Å². The van der Waals surface area contributed by atoms with Crippen LogP contribution in [0.15, 0.2) is 34.3 Å². The maximum atomic E-state index is 12.7. The third-order valence-electron chi connectivity index (χ3n) is 4.94. The highest BCUT2D eigenvalue weighted by atomic mass is 35.5. The van der Waals surface area contributed by atoms with Gasteiger partial charge in [-0.2, -0.15) is 0 Å². The molecule has 0 bridgehead atoms. The number of halogens is 1. The molecule has 0 aliphatic carbocycles. The highest BCUT2D eigenvalue weighted by Crippen LogP contribution is 2.23. The monoisotopic (exact) mass is 464 g/mol. The minimum absolute atomic E-state index is 0.0580. The fourth-order valence-electron chi connectivity index (χ4n) is 3.31. The van der Waals surface area contributed by atoms with Crippen LogP contribution < -0.4 is 5.32 Å². The summed E-state index contributed by atoms with van der Waals surface area (Å²) in [5.41, 5.74) is 1.14. The Labute approximate surface area is 187 Å². The van der Waals surface area contributed by atoms with Crippen molar-refractivity contribution in [3.05, 3.63) is 56.1 Å². The number of amides is 2. The van der Waals surface area contributed by atoms with Gasteiger partial charge in [0.1, 0.15) is 5.76 Å². The number of thiophene rings is 1. The first-order chi connectivity index (χ1) is 14.5. The van der Waals surface area contributed by atoms with Gasteiger partial charge in [-0.05, 0) is 25.1 Å². The first kappa shape index (κ1) is 21.0. The zero-order chi connectivity index (χ0) is 21.1. The molecule has 0 aromatic carbocycles. The quantitative estimate of drug-likeness (QED) is 0.598. The van der Waals surface area contributed by atoms with Crippen molar-refractivity contribution in [2.45, 2.75) is 19.9 Å². The lowest BCUT2D eigenvalue weighted by atomic mass is 10.2. The Morgan fingerprint density at radius 3 is 2.70 bits per heavy atom. The molecular weight excluding hydrogens is 444 g/mol. The van der Waals surface area contributed by atoms with E-state index in [1.54, 1.807) is 24.3 Å². The topological polar surface area (TPSA) is 78.7 Å². The van der Waals surface area contributed by atoms with Crippen LogP contribution in [0, 0.1) is 6.92 Å². The van der Waals surface area contributed by atoms with Crippen LogP contribution in [0.4, 0.5) is 5.13 Å². The number of carbonyl (C=O) groups is 2. The number of anilines is 1. The SMILES string of the molecule is Cc1occc1C(=O)Nc1nc(CC(=O)N2CCN(Cc3ccc(Cl)s3)CC2)cs1. The number of nitrogens with one attached hydrogen (secondary N) is 1. The Morgan fingerprint density at radius 1 is 1.23 bits per heavy atom. The third-order valence-corrected chi connectivity index (χ3v) is 6.96. The van der Waals surface area contributed by atoms with Gasteiger partial charge in [0.25, 0.3) is 5.91 Å². The fourth-order valence-corrected chi connectivity index (χ4v) is 5.15. The van der Waals surface area contributed by atoms with Crippen LogP contribution in [0.2, 0.25) is 4.34 Å². The molecule has 3 aromatic heterocycles. The minimum atomic E-state index is -0.267. The van der Waals surface area contributed by atoms with Crippen LogP contribution in [0.25, 0.3) is 0 Å². The van der Waals surface area contributed by atoms with E-state index in [-0.39, 0.29) is 18.2 Å². The van der Waals surface area contributed by atoms with Gasteiger partial charge in [-0.1, -0.05) is 11.6 Å². The Balaban J connectivity index is 1.25. The van der Waals surface area contributed by atoms with Gasteiger partial charge < -0.3 is 9.32 Å². The Hall–Kier alpha value is -2.20. The summed E-state index contributed by atoms with van der Waals surface area (Å²) < 4.78 is 5.96. The minimum Gasteiger partial charge on any atom is -0.469 e. The van der Waals surface area contributed by atoms with Gasteiger partial charge in [0.2, 0.25) is 5.91 Å². The van der Waals surface area contributed by atoms with E-state index in [1.807, 2.05) is 16.3 Å². The molecule has 30 heavy (non-hydrogen) atoms. The Morgan fingerprint density at radius 2 is 2.03 bits per heavy atom. The van der Waals surface area contributed by atoms with Crippen molar-refractivity contribution in [1.82, 2.24) is 14.8 Å². The summed E-state index contributed by atoms with van der Waals surface area (Å²) in [6.45, 7) is 5.67. The van der Waals surface area contributed by atoms with Crippen molar-refractivity contribution in [2.24, 2.45) is 0 Å². The van der Waals surface area contributed by atoms with Crippen molar-refractivity contribution < 1.29 is 14.0 Å². The van der Waals surface area contributed by atoms with Crippen molar-refractivity contribution in [2.75, 3.05) is 31.5 Å². The van der Waals surface area contributed by atoms with Crippen LogP contribution in [0.5, 0.6) is 0 Å². The summed E-state index contributed by atoms with van der Waals surface area (Å²) in [5.74, 6) is 0.347. The summed E-state index contributed by atoms with van der Waals surface area (Å²) in [7, 11) is 0. The first-order valence-corrected chi connectivity index (χ1v) is 11.6. The van der Waals surface area contributed by atoms with Crippen molar-refractivity contribution in [3.8, 4) is 0 Å². The zero-order valence-corrected chi connectivity index (χ0v) is 18.8. The smallest absolute Gasteiger partial charge is 0.260 e. The van der Waals surface area contributed by atoms with Gasteiger partial charge >= 0.3 is 0 Å². The number of hydrogen-bond donors (Lipinski definition) is 1. The molecule has 1 fully saturated rings. The maximum absolute atomic E-state index is 12.7. The molecule has 4 heterocycles. The van der Waals surface area contributed by atoms with Crippen LogP contribution in [0.3, 0.4) is 0 Å². The Kier molecular flexibility index (Phi) is 6.52. The number of carbonyl (C=O) groups excluding carboxylic acids is 2. The zero-order valence-electron chi connectivity index (χ0n) is 16.4. The number of piperazine rings is 1. The molecular formula is C20H21ClN4O3S2. The lowest BCUT2D eigenvalue weighted by molar-refractivity contribution is -0.132. The Bertz CT molecular complexity index is 1040. The molecule has 1 aliphatic heterocycles.